The summed E-state index contributed by atoms with van der Waals surface area (Å²) in [6.45, 7) is 1.95. The van der Waals surface area contributed by atoms with Crippen molar-refractivity contribution in [2.75, 3.05) is 20.1 Å². The highest BCUT2D eigenvalue weighted by Crippen LogP contribution is 2.28. The predicted octanol–water partition coefficient (Wildman–Crippen LogP) is 3.28. The van der Waals surface area contributed by atoms with Crippen molar-refractivity contribution in [2.45, 2.75) is 50.6 Å². The van der Waals surface area contributed by atoms with Gasteiger partial charge in [-0.2, -0.15) is 0 Å². The number of carbonyl (C=O) groups is 2. The molecule has 0 unspecified atom stereocenters. The molecule has 0 radical (unpaired) electrons. The lowest BCUT2D eigenvalue weighted by Gasteiger charge is -2.40. The van der Waals surface area contributed by atoms with Gasteiger partial charge in [0.1, 0.15) is 0 Å². The van der Waals surface area contributed by atoms with Crippen LogP contribution in [0.25, 0.3) is 0 Å². The van der Waals surface area contributed by atoms with E-state index in [0.29, 0.717) is 12.5 Å². The molecule has 4 nitrogen and oxygen atoms in total. The molecule has 0 aromatic heterocycles. The average molecular weight is 391 g/mol. The Morgan fingerprint density at radius 2 is 1.66 bits per heavy atom. The zero-order valence-electron chi connectivity index (χ0n) is 17.2. The average Bonchev–Trinajstić information content (AvgIpc) is 3.21. The maximum Gasteiger partial charge on any atom is 0.289 e. The van der Waals surface area contributed by atoms with E-state index in [4.69, 9.17) is 0 Å². The summed E-state index contributed by atoms with van der Waals surface area (Å²) < 4.78 is 0. The maximum absolute atomic E-state index is 12.7. The molecule has 0 saturated carbocycles. The van der Waals surface area contributed by atoms with Gasteiger partial charge >= 0.3 is 0 Å². The van der Waals surface area contributed by atoms with Gasteiger partial charge in [0.2, 0.25) is 5.78 Å². The van der Waals surface area contributed by atoms with Crippen LogP contribution in [-0.2, 0) is 28.9 Å². The molecule has 2 aromatic rings. The number of likely N-dealkylation sites (N-methyl/N-ethyl adjacent to an activating group) is 1. The van der Waals surface area contributed by atoms with Gasteiger partial charge in [0.15, 0.2) is 0 Å². The monoisotopic (exact) mass is 390 g/mol. The van der Waals surface area contributed by atoms with Crippen molar-refractivity contribution in [3.05, 3.63) is 71.3 Å². The van der Waals surface area contributed by atoms with Crippen LogP contribution in [0.1, 0.15) is 36.0 Å². The van der Waals surface area contributed by atoms with Gasteiger partial charge in [0.05, 0.1) is 0 Å². The van der Waals surface area contributed by atoms with Crippen LogP contribution in [0.5, 0.6) is 0 Å². The number of nitrogens with zero attached hydrogens (tertiary/aromatic N) is 2. The summed E-state index contributed by atoms with van der Waals surface area (Å²) in [7, 11) is 1.81. The quantitative estimate of drug-likeness (QED) is 0.711. The number of benzene rings is 2. The Bertz CT molecular complexity index is 839. The summed E-state index contributed by atoms with van der Waals surface area (Å²) >= 11 is 0. The second kappa shape index (κ2) is 8.91. The van der Waals surface area contributed by atoms with Crippen LogP contribution in [-0.4, -0.2) is 53.7 Å². The van der Waals surface area contributed by atoms with Crippen molar-refractivity contribution in [2.24, 2.45) is 0 Å². The Balaban J connectivity index is 1.32. The van der Waals surface area contributed by atoms with Gasteiger partial charge in [-0.05, 0) is 55.3 Å². The molecule has 4 rings (SSSR count). The predicted molar refractivity (Wildman–Crippen MR) is 115 cm³/mol. The van der Waals surface area contributed by atoms with Gasteiger partial charge < -0.3 is 4.90 Å². The van der Waals surface area contributed by atoms with E-state index >= 15 is 0 Å². The largest absolute Gasteiger partial charge is 0.335 e. The Morgan fingerprint density at radius 1 is 1.00 bits per heavy atom. The highest BCUT2D eigenvalue weighted by atomic mass is 16.2. The van der Waals surface area contributed by atoms with E-state index in [1.54, 1.807) is 11.9 Å². The fourth-order valence-corrected chi connectivity index (χ4v) is 4.80. The molecule has 29 heavy (non-hydrogen) atoms. The topological polar surface area (TPSA) is 40.6 Å². The first-order valence-corrected chi connectivity index (χ1v) is 10.8. The third-order valence-corrected chi connectivity index (χ3v) is 6.56. The first-order chi connectivity index (χ1) is 14.1. The maximum atomic E-state index is 12.7. The molecule has 1 aliphatic heterocycles. The molecule has 0 spiro atoms. The Labute approximate surface area is 173 Å². The first-order valence-electron chi connectivity index (χ1n) is 10.8. The summed E-state index contributed by atoms with van der Waals surface area (Å²) in [5.41, 5.74) is 4.02. The van der Waals surface area contributed by atoms with E-state index < -0.39 is 0 Å². The number of carbonyl (C=O) groups excluding carboxylic acids is 2. The Morgan fingerprint density at radius 3 is 2.34 bits per heavy atom. The van der Waals surface area contributed by atoms with Crippen molar-refractivity contribution in [1.82, 2.24) is 9.80 Å². The Hall–Kier alpha value is -2.46. The first kappa shape index (κ1) is 19.8. The van der Waals surface area contributed by atoms with Crippen LogP contribution in [0.2, 0.25) is 0 Å². The molecule has 0 N–H and O–H groups in total. The zero-order valence-corrected chi connectivity index (χ0v) is 17.2. The highest BCUT2D eigenvalue weighted by Gasteiger charge is 2.33. The van der Waals surface area contributed by atoms with Crippen molar-refractivity contribution < 1.29 is 9.59 Å². The number of piperidine rings is 1. The fraction of sp³-hybridized carbons (Fsp3) is 0.440. The van der Waals surface area contributed by atoms with Gasteiger partial charge in [-0.1, -0.05) is 54.6 Å². The van der Waals surface area contributed by atoms with Crippen molar-refractivity contribution in [1.29, 1.82) is 0 Å². The van der Waals surface area contributed by atoms with E-state index in [9.17, 15) is 9.59 Å². The number of ketones is 1. The summed E-state index contributed by atoms with van der Waals surface area (Å²) in [6, 6.07) is 19.2. The highest BCUT2D eigenvalue weighted by molar-refractivity contribution is 6.36. The van der Waals surface area contributed by atoms with Gasteiger partial charge in [0.25, 0.3) is 5.91 Å². The van der Waals surface area contributed by atoms with Crippen molar-refractivity contribution >= 4 is 11.7 Å². The summed E-state index contributed by atoms with van der Waals surface area (Å²) in [4.78, 5) is 29.5. The van der Waals surface area contributed by atoms with Crippen LogP contribution in [0, 0.1) is 0 Å². The molecule has 4 heteroatoms. The normalized spacial score (nSPS) is 19.7. The van der Waals surface area contributed by atoms with Crippen LogP contribution in [0.15, 0.2) is 54.6 Å². The van der Waals surface area contributed by atoms with E-state index in [1.165, 1.54) is 11.1 Å². The fourth-order valence-electron chi connectivity index (χ4n) is 4.80. The third-order valence-electron chi connectivity index (χ3n) is 6.56. The molecule has 152 valence electrons. The molecule has 2 aliphatic rings. The summed E-state index contributed by atoms with van der Waals surface area (Å²) in [5.74, 6) is -0.607. The standard InChI is InChI=1S/C25H30N2O2/c1-26(25(29)24(28)14-13-19-8-3-2-4-9-19)22-12-7-15-27(18-22)23-16-20-10-5-6-11-21(20)17-23/h2-6,8-11,22-23H,7,12-18H2,1H3/t22-/m0/s1. The molecule has 1 amide bonds. The van der Waals surface area contributed by atoms with Gasteiger partial charge in [-0.15, -0.1) is 0 Å². The molecule has 1 heterocycles. The summed E-state index contributed by atoms with van der Waals surface area (Å²) in [6.07, 6.45) is 5.14. The van der Waals surface area contributed by atoms with E-state index in [-0.39, 0.29) is 24.2 Å². The van der Waals surface area contributed by atoms with Crippen LogP contribution < -0.4 is 0 Å². The number of hydrogen-bond donors (Lipinski definition) is 0. The summed E-state index contributed by atoms with van der Waals surface area (Å²) in [5, 5.41) is 0. The Kier molecular flexibility index (Phi) is 6.10. The molecule has 1 aliphatic carbocycles. The van der Waals surface area contributed by atoms with E-state index in [1.807, 2.05) is 30.3 Å². The number of hydrogen-bond acceptors (Lipinski definition) is 3. The number of aryl methyl sites for hydroxylation is 1. The molecule has 1 saturated heterocycles. The molecular weight excluding hydrogens is 360 g/mol. The second-order valence-corrected chi connectivity index (χ2v) is 8.45. The van der Waals surface area contributed by atoms with E-state index in [0.717, 1.165) is 44.3 Å². The molecular formula is C25H30N2O2. The van der Waals surface area contributed by atoms with Gasteiger partial charge in [-0.25, -0.2) is 0 Å². The van der Waals surface area contributed by atoms with E-state index in [2.05, 4.69) is 29.2 Å². The zero-order chi connectivity index (χ0) is 20.2. The molecule has 1 fully saturated rings. The third kappa shape index (κ3) is 4.59. The van der Waals surface area contributed by atoms with Crippen molar-refractivity contribution in [3.63, 3.8) is 0 Å². The lowest BCUT2D eigenvalue weighted by molar-refractivity contribution is -0.146. The minimum atomic E-state index is -0.331. The van der Waals surface area contributed by atoms with Crippen LogP contribution >= 0.6 is 0 Å². The van der Waals surface area contributed by atoms with Gasteiger partial charge in [-0.3, -0.25) is 14.5 Å². The number of likely N-dealkylation sites (tertiary alicyclic amines) is 1. The van der Waals surface area contributed by atoms with Crippen molar-refractivity contribution in [3.8, 4) is 0 Å². The minimum absolute atomic E-state index is 0.126. The minimum Gasteiger partial charge on any atom is -0.335 e. The lowest BCUT2D eigenvalue weighted by atomic mass is 10.00. The second-order valence-electron chi connectivity index (χ2n) is 8.45. The molecule has 1 atom stereocenters. The number of fused-ring (bicyclic) bond motifs is 1. The smallest absolute Gasteiger partial charge is 0.289 e. The molecule has 2 aromatic carbocycles. The van der Waals surface area contributed by atoms with Crippen LogP contribution in [0.3, 0.4) is 0 Å². The van der Waals surface area contributed by atoms with Gasteiger partial charge in [0, 0.05) is 32.1 Å². The number of amides is 1. The van der Waals surface area contributed by atoms with Crippen LogP contribution in [0.4, 0.5) is 0 Å². The lowest BCUT2D eigenvalue weighted by Crippen LogP contribution is -2.53. The molecule has 0 bridgehead atoms. The SMILES string of the molecule is CN(C(=O)C(=O)CCc1ccccc1)[C@H]1CCCN(C2Cc3ccccc3C2)C1. The number of rotatable bonds is 6. The number of Topliss-reactive ketones (excluding diaryl/α,β-unsaturated/α-hetero) is 1.